The largest absolute Gasteiger partial charge is 0.491 e. The highest BCUT2D eigenvalue weighted by atomic mass is 19.4. The summed E-state index contributed by atoms with van der Waals surface area (Å²) in [5.41, 5.74) is 7.10. The normalized spacial score (nSPS) is 24.0. The number of nitrogens with two attached hydrogens (primary N) is 1. The fourth-order valence-electron chi connectivity index (χ4n) is 4.29. The van der Waals surface area contributed by atoms with Gasteiger partial charge in [-0.3, -0.25) is 9.69 Å². The molecule has 32 heavy (non-hydrogen) atoms. The third-order valence-electron chi connectivity index (χ3n) is 5.98. The number of ether oxygens (including phenoxy) is 3. The van der Waals surface area contributed by atoms with E-state index in [0.717, 1.165) is 31.2 Å². The molecule has 10 heteroatoms. The summed E-state index contributed by atoms with van der Waals surface area (Å²) >= 11 is 0. The van der Waals surface area contributed by atoms with Gasteiger partial charge in [0.25, 0.3) is 5.91 Å². The van der Waals surface area contributed by atoms with Crippen LogP contribution in [0.4, 0.5) is 13.2 Å². The van der Waals surface area contributed by atoms with Crippen LogP contribution in [0.15, 0.2) is 23.2 Å². The number of rotatable bonds is 9. The number of nitrogens with zero attached hydrogens (tertiary/aromatic N) is 2. The number of hydrogen-bond donors (Lipinski definition) is 1. The number of halogens is 3. The zero-order valence-electron chi connectivity index (χ0n) is 18.4. The molecule has 1 fully saturated rings. The summed E-state index contributed by atoms with van der Waals surface area (Å²) in [5, 5.41) is 0. The second kappa shape index (κ2) is 10.5. The Bertz CT molecular complexity index is 823. The Morgan fingerprint density at radius 3 is 2.50 bits per heavy atom. The SMILES string of the molecule is COCCOc1ccc(C[C@H]2CC[C@@H](OC)CC2)c(C2N=C(N)N(CC(F)(F)F)C2=O)c1. The van der Waals surface area contributed by atoms with Gasteiger partial charge in [0.1, 0.15) is 18.9 Å². The molecule has 1 aliphatic carbocycles. The van der Waals surface area contributed by atoms with Gasteiger partial charge >= 0.3 is 6.18 Å². The molecule has 0 radical (unpaired) electrons. The third-order valence-corrected chi connectivity index (χ3v) is 5.98. The molecule has 1 aliphatic heterocycles. The van der Waals surface area contributed by atoms with E-state index < -0.39 is 30.6 Å². The molecule has 3 rings (SSSR count). The molecule has 2 N–H and O–H groups in total. The van der Waals surface area contributed by atoms with Crippen molar-refractivity contribution in [2.45, 2.75) is 50.4 Å². The van der Waals surface area contributed by atoms with E-state index in [2.05, 4.69) is 4.99 Å². The Morgan fingerprint density at radius 1 is 1.16 bits per heavy atom. The number of aliphatic imine (C=N–C) groups is 1. The summed E-state index contributed by atoms with van der Waals surface area (Å²) in [4.78, 5) is 17.4. The summed E-state index contributed by atoms with van der Waals surface area (Å²) in [7, 11) is 3.27. The van der Waals surface area contributed by atoms with Crippen molar-refractivity contribution in [3.8, 4) is 5.75 Å². The lowest BCUT2D eigenvalue weighted by atomic mass is 9.82. The summed E-state index contributed by atoms with van der Waals surface area (Å²) in [6, 6.07) is 4.23. The van der Waals surface area contributed by atoms with Crippen LogP contribution < -0.4 is 10.5 Å². The number of hydrogen-bond acceptors (Lipinski definition) is 6. The predicted octanol–water partition coefficient (Wildman–Crippen LogP) is 3.22. The Hall–Kier alpha value is -2.33. The highest BCUT2D eigenvalue weighted by Gasteiger charge is 2.42. The molecule has 0 bridgehead atoms. The number of alkyl halides is 3. The molecule has 1 aromatic carbocycles. The minimum absolute atomic E-state index is 0.263. The monoisotopic (exact) mass is 457 g/mol. The number of benzene rings is 1. The first-order chi connectivity index (χ1) is 15.2. The molecule has 0 aromatic heterocycles. The smallest absolute Gasteiger partial charge is 0.406 e. The van der Waals surface area contributed by atoms with Gasteiger partial charge in [-0.05, 0) is 61.3 Å². The topological polar surface area (TPSA) is 86.4 Å². The maximum Gasteiger partial charge on any atom is 0.406 e. The number of carbonyl (C=O) groups excluding carboxylic acids is 1. The Balaban J connectivity index is 1.84. The number of methoxy groups -OCH3 is 2. The van der Waals surface area contributed by atoms with E-state index in [-0.39, 0.29) is 6.10 Å². The van der Waals surface area contributed by atoms with Gasteiger partial charge in [0.2, 0.25) is 0 Å². The van der Waals surface area contributed by atoms with Gasteiger partial charge in [-0.1, -0.05) is 6.07 Å². The van der Waals surface area contributed by atoms with Gasteiger partial charge in [-0.15, -0.1) is 0 Å². The summed E-state index contributed by atoms with van der Waals surface area (Å²) in [6.45, 7) is -0.773. The molecule has 1 amide bonds. The van der Waals surface area contributed by atoms with Crippen LogP contribution >= 0.6 is 0 Å². The third kappa shape index (κ3) is 6.13. The second-order valence-electron chi connectivity index (χ2n) is 8.21. The van der Waals surface area contributed by atoms with Crippen molar-refractivity contribution >= 4 is 11.9 Å². The number of guanidine groups is 1. The first-order valence-electron chi connectivity index (χ1n) is 10.7. The van der Waals surface area contributed by atoms with Crippen molar-refractivity contribution in [1.82, 2.24) is 4.90 Å². The average Bonchev–Trinajstić information content (AvgIpc) is 3.02. The molecule has 1 atom stereocenters. The standard InChI is InChI=1S/C22H30F3N3O4/c1-30-9-10-32-17-8-5-15(11-14-3-6-16(31-2)7-4-14)18(12-17)19-20(29)28(21(26)27-19)13-22(23,24)25/h5,8,12,14,16,19H,3-4,6-7,9-11,13H2,1-2H3,(H2,26,27)/t14-,16+,19?. The minimum Gasteiger partial charge on any atom is -0.491 e. The minimum atomic E-state index is -4.57. The maximum atomic E-state index is 12.9. The first-order valence-corrected chi connectivity index (χ1v) is 10.7. The molecule has 178 valence electrons. The maximum absolute atomic E-state index is 12.9. The Labute approximate surface area is 185 Å². The van der Waals surface area contributed by atoms with Crippen molar-refractivity contribution in [2.75, 3.05) is 34.0 Å². The van der Waals surface area contributed by atoms with Crippen molar-refractivity contribution in [1.29, 1.82) is 0 Å². The van der Waals surface area contributed by atoms with Gasteiger partial charge < -0.3 is 19.9 Å². The highest BCUT2D eigenvalue weighted by Crippen LogP contribution is 2.36. The van der Waals surface area contributed by atoms with Crippen molar-refractivity contribution in [3.63, 3.8) is 0 Å². The molecular weight excluding hydrogens is 427 g/mol. The van der Waals surface area contributed by atoms with Crippen LogP contribution in [-0.2, 0) is 20.7 Å². The van der Waals surface area contributed by atoms with Gasteiger partial charge in [0.15, 0.2) is 12.0 Å². The summed E-state index contributed by atoms with van der Waals surface area (Å²) in [5.74, 6) is -0.308. The zero-order chi connectivity index (χ0) is 23.3. The number of amides is 1. The highest BCUT2D eigenvalue weighted by molar-refractivity contribution is 6.04. The molecule has 1 heterocycles. The van der Waals surface area contributed by atoms with Gasteiger partial charge in [0.05, 0.1) is 12.7 Å². The predicted molar refractivity (Wildman–Crippen MR) is 112 cm³/mol. The molecular formula is C22H30F3N3O4. The molecule has 7 nitrogen and oxygen atoms in total. The van der Waals surface area contributed by atoms with Crippen LogP contribution in [0.5, 0.6) is 5.75 Å². The quantitative estimate of drug-likeness (QED) is 0.576. The lowest BCUT2D eigenvalue weighted by molar-refractivity contribution is -0.152. The molecule has 1 aromatic rings. The van der Waals surface area contributed by atoms with E-state index >= 15 is 0 Å². The average molecular weight is 457 g/mol. The number of carbonyl (C=O) groups is 1. The molecule has 0 spiro atoms. The van der Waals surface area contributed by atoms with Crippen LogP contribution in [0, 0.1) is 5.92 Å². The van der Waals surface area contributed by atoms with Crippen molar-refractivity contribution < 1.29 is 32.2 Å². The Kier molecular flexibility index (Phi) is 8.00. The van der Waals surface area contributed by atoms with E-state index in [1.807, 2.05) is 6.07 Å². The first kappa shape index (κ1) is 24.3. The lowest BCUT2D eigenvalue weighted by Crippen LogP contribution is -2.43. The van der Waals surface area contributed by atoms with Crippen LogP contribution in [0.25, 0.3) is 0 Å². The molecule has 0 saturated heterocycles. The van der Waals surface area contributed by atoms with Crippen molar-refractivity contribution in [3.05, 3.63) is 29.3 Å². The molecule has 1 unspecified atom stereocenters. The van der Waals surface area contributed by atoms with Crippen LogP contribution in [0.2, 0.25) is 0 Å². The second-order valence-corrected chi connectivity index (χ2v) is 8.21. The van der Waals surface area contributed by atoms with Crippen LogP contribution in [0.1, 0.15) is 42.9 Å². The van der Waals surface area contributed by atoms with Gasteiger partial charge in [0, 0.05) is 14.2 Å². The van der Waals surface area contributed by atoms with Crippen LogP contribution in [-0.4, -0.2) is 63.0 Å². The fourth-order valence-corrected chi connectivity index (χ4v) is 4.29. The van der Waals surface area contributed by atoms with E-state index in [0.29, 0.717) is 41.8 Å². The fraction of sp³-hybridized carbons (Fsp3) is 0.636. The molecule has 1 saturated carbocycles. The van der Waals surface area contributed by atoms with Gasteiger partial charge in [-0.25, -0.2) is 4.99 Å². The Morgan fingerprint density at radius 2 is 1.88 bits per heavy atom. The van der Waals surface area contributed by atoms with E-state index in [9.17, 15) is 18.0 Å². The van der Waals surface area contributed by atoms with Crippen molar-refractivity contribution in [2.24, 2.45) is 16.6 Å². The molecule has 2 aliphatic rings. The lowest BCUT2D eigenvalue weighted by Gasteiger charge is -2.28. The van der Waals surface area contributed by atoms with Gasteiger partial charge in [-0.2, -0.15) is 13.2 Å². The zero-order valence-corrected chi connectivity index (χ0v) is 18.4. The van der Waals surface area contributed by atoms with E-state index in [1.165, 1.54) is 0 Å². The summed E-state index contributed by atoms with van der Waals surface area (Å²) in [6.07, 6.45) is 0.270. The van der Waals surface area contributed by atoms with E-state index in [4.69, 9.17) is 19.9 Å². The van der Waals surface area contributed by atoms with E-state index in [1.54, 1.807) is 26.4 Å². The summed E-state index contributed by atoms with van der Waals surface area (Å²) < 4.78 is 54.9. The van der Waals surface area contributed by atoms with Crippen LogP contribution in [0.3, 0.4) is 0 Å².